The molecule has 0 atom stereocenters. The Hall–Kier alpha value is 0.506. The number of hydrogen-bond acceptors (Lipinski definition) is 2. The van der Waals surface area contributed by atoms with E-state index in [4.69, 9.17) is 19.8 Å². The molecule has 0 radical (unpaired) electrons. The zero-order chi connectivity index (χ0) is 5.15. The van der Waals surface area contributed by atoms with Gasteiger partial charge in [0.25, 0.3) is 0 Å². The minimum absolute atomic E-state index is 0. The molecule has 0 aliphatic carbocycles. The van der Waals surface area contributed by atoms with Crippen LogP contribution in [0.3, 0.4) is 0 Å². The fourth-order valence-electron chi connectivity index (χ4n) is 0. The number of aliphatic carboxylic acids is 2. The van der Waals surface area contributed by atoms with Gasteiger partial charge in [-0.1, -0.05) is 0 Å². The third kappa shape index (κ3) is 9.71. The first-order valence-corrected chi connectivity index (χ1v) is 1.11. The van der Waals surface area contributed by atoms with Gasteiger partial charge in [-0.15, -0.1) is 0 Å². The fourth-order valence-corrected chi connectivity index (χ4v) is 0. The van der Waals surface area contributed by atoms with E-state index < -0.39 is 11.9 Å². The van der Waals surface area contributed by atoms with E-state index in [0.29, 0.717) is 0 Å². The molecule has 0 aliphatic rings. The second-order valence-corrected chi connectivity index (χ2v) is 0.610. The molecule has 8 heavy (non-hydrogen) atoms. The summed E-state index contributed by atoms with van der Waals surface area (Å²) >= 11 is 0. The summed E-state index contributed by atoms with van der Waals surface area (Å²) in [5, 5.41) is 14.8. The Morgan fingerprint density at radius 2 is 1.25 bits per heavy atom. The Morgan fingerprint density at radius 1 is 1.12 bits per heavy atom. The van der Waals surface area contributed by atoms with Crippen LogP contribution in [0.15, 0.2) is 0 Å². The van der Waals surface area contributed by atoms with Crippen LogP contribution in [-0.2, 0) is 9.59 Å². The summed E-state index contributed by atoms with van der Waals surface area (Å²) in [5.41, 5.74) is 0. The van der Waals surface area contributed by atoms with Crippen LogP contribution in [0.25, 0.3) is 0 Å². The molecule has 44 valence electrons. The summed E-state index contributed by atoms with van der Waals surface area (Å²) in [6, 6.07) is 0. The quantitative estimate of drug-likeness (QED) is 0.276. The van der Waals surface area contributed by atoms with Crippen LogP contribution in [0.5, 0.6) is 0 Å². The molecule has 0 aromatic carbocycles. The number of hydrogen-bond donors (Lipinski definition) is 2. The third-order valence-corrected chi connectivity index (χ3v) is 0.183. The van der Waals surface area contributed by atoms with Gasteiger partial charge in [-0.2, -0.15) is 0 Å². The van der Waals surface area contributed by atoms with Crippen LogP contribution in [0.1, 0.15) is 1.43 Å². The Balaban J connectivity index is -0.0000000417. The second kappa shape index (κ2) is 7.51. The molecule has 0 saturated carbocycles. The predicted molar refractivity (Wildman–Crippen MR) is 18.9 cm³/mol. The van der Waals surface area contributed by atoms with Crippen LogP contribution in [0.4, 0.5) is 4.70 Å². The summed E-state index contributed by atoms with van der Waals surface area (Å²) in [7, 11) is 0. The molecular formula is C2H4FKO4. The standard InChI is InChI=1S/C2H2O4.FH.K.H/c3-1(4)2(5)6;;;/h(H,3,4)(H,5,6);1H;;/q;;+1;-1. The molecule has 0 aromatic heterocycles. The van der Waals surface area contributed by atoms with E-state index in [1.54, 1.807) is 0 Å². The van der Waals surface area contributed by atoms with E-state index in [-0.39, 0.29) is 57.5 Å². The molecule has 4 nitrogen and oxygen atoms in total. The van der Waals surface area contributed by atoms with Gasteiger partial charge in [0.15, 0.2) is 0 Å². The molecule has 0 fully saturated rings. The molecule has 0 heterocycles. The zero-order valence-corrected chi connectivity index (χ0v) is 7.24. The van der Waals surface area contributed by atoms with Gasteiger partial charge in [0, 0.05) is 0 Å². The topological polar surface area (TPSA) is 74.6 Å². The van der Waals surface area contributed by atoms with Crippen molar-refractivity contribution in [3.63, 3.8) is 0 Å². The molecule has 0 saturated heterocycles. The molecule has 0 amide bonds. The Morgan fingerprint density at radius 3 is 1.25 bits per heavy atom. The maximum absolute atomic E-state index is 9.10. The second-order valence-electron chi connectivity index (χ2n) is 0.610. The monoisotopic (exact) mass is 150 g/mol. The number of carbonyl (C=O) groups is 2. The van der Waals surface area contributed by atoms with E-state index in [0.717, 1.165) is 0 Å². The van der Waals surface area contributed by atoms with E-state index in [9.17, 15) is 0 Å². The van der Waals surface area contributed by atoms with Crippen molar-refractivity contribution in [3.8, 4) is 0 Å². The first kappa shape index (κ1) is 15.8. The van der Waals surface area contributed by atoms with E-state index >= 15 is 0 Å². The van der Waals surface area contributed by atoms with Gasteiger partial charge < -0.3 is 11.6 Å². The maximum atomic E-state index is 9.10. The largest absolute Gasteiger partial charge is 1.00 e. The van der Waals surface area contributed by atoms with Crippen molar-refractivity contribution in [1.29, 1.82) is 0 Å². The van der Waals surface area contributed by atoms with Gasteiger partial charge in [-0.3, -0.25) is 4.70 Å². The van der Waals surface area contributed by atoms with E-state index in [1.165, 1.54) is 0 Å². The van der Waals surface area contributed by atoms with Crippen molar-refractivity contribution >= 4 is 11.9 Å². The van der Waals surface area contributed by atoms with Crippen molar-refractivity contribution in [1.82, 2.24) is 0 Å². The van der Waals surface area contributed by atoms with Gasteiger partial charge in [0.1, 0.15) is 0 Å². The summed E-state index contributed by atoms with van der Waals surface area (Å²) in [4.78, 5) is 18.2. The van der Waals surface area contributed by atoms with Gasteiger partial charge >= 0.3 is 63.3 Å². The molecule has 0 rings (SSSR count). The first-order chi connectivity index (χ1) is 2.64. The van der Waals surface area contributed by atoms with Crippen molar-refractivity contribution in [2.75, 3.05) is 0 Å². The zero-order valence-electron chi connectivity index (χ0n) is 5.12. The Kier molecular flexibility index (Phi) is 14.8. The van der Waals surface area contributed by atoms with Crippen LogP contribution < -0.4 is 51.4 Å². The van der Waals surface area contributed by atoms with Crippen LogP contribution in [0, 0.1) is 0 Å². The average molecular weight is 150 g/mol. The summed E-state index contributed by atoms with van der Waals surface area (Å²) in [6.07, 6.45) is 0. The third-order valence-electron chi connectivity index (χ3n) is 0.183. The number of carboxylic acids is 2. The number of carboxylic acid groups (broad SMARTS) is 2. The molecule has 0 aromatic rings. The average Bonchev–Trinajstić information content (AvgIpc) is 1.36. The Labute approximate surface area is 88.2 Å². The molecular weight excluding hydrogens is 146 g/mol. The molecule has 0 unspecified atom stereocenters. The van der Waals surface area contributed by atoms with Crippen LogP contribution >= 0.6 is 0 Å². The minimum atomic E-state index is -1.82. The van der Waals surface area contributed by atoms with E-state index in [2.05, 4.69) is 0 Å². The Bertz CT molecular complexity index is 84.6. The molecule has 2 N–H and O–H groups in total. The maximum Gasteiger partial charge on any atom is 1.00 e. The van der Waals surface area contributed by atoms with Crippen molar-refractivity contribution < 1.29 is 77.3 Å². The summed E-state index contributed by atoms with van der Waals surface area (Å²) in [5.74, 6) is -3.65. The molecule has 0 bridgehead atoms. The summed E-state index contributed by atoms with van der Waals surface area (Å²) < 4.78 is 0. The van der Waals surface area contributed by atoms with Gasteiger partial charge in [-0.25, -0.2) is 9.59 Å². The molecule has 6 heteroatoms. The van der Waals surface area contributed by atoms with Gasteiger partial charge in [0.2, 0.25) is 0 Å². The van der Waals surface area contributed by atoms with Crippen molar-refractivity contribution in [2.24, 2.45) is 0 Å². The number of rotatable bonds is 0. The number of halogens is 1. The van der Waals surface area contributed by atoms with Crippen molar-refractivity contribution in [2.45, 2.75) is 0 Å². The SMILES string of the molecule is F.O=C(O)C(=O)O.[H-].[K+]. The van der Waals surface area contributed by atoms with Crippen LogP contribution in [0.2, 0.25) is 0 Å². The predicted octanol–water partition coefficient (Wildman–Crippen LogP) is -3.58. The van der Waals surface area contributed by atoms with Gasteiger partial charge in [-0.05, 0) is 0 Å². The molecule has 0 spiro atoms. The first-order valence-electron chi connectivity index (χ1n) is 1.11. The summed E-state index contributed by atoms with van der Waals surface area (Å²) in [6.45, 7) is 0. The fraction of sp³-hybridized carbons (Fsp3) is 0. The minimum Gasteiger partial charge on any atom is -1.00 e. The molecule has 0 aliphatic heterocycles. The van der Waals surface area contributed by atoms with Crippen molar-refractivity contribution in [3.05, 3.63) is 0 Å². The van der Waals surface area contributed by atoms with Crippen LogP contribution in [-0.4, -0.2) is 22.2 Å². The van der Waals surface area contributed by atoms with E-state index in [1.807, 2.05) is 0 Å². The normalized spacial score (nSPS) is 5.50. The smallest absolute Gasteiger partial charge is 1.00 e. The van der Waals surface area contributed by atoms with Gasteiger partial charge in [0.05, 0.1) is 0 Å².